The van der Waals surface area contributed by atoms with Crippen LogP contribution in [0.25, 0.3) is 0 Å². The zero-order valence-corrected chi connectivity index (χ0v) is 19.4. The number of amides is 1. The molecule has 2 fully saturated rings. The minimum absolute atomic E-state index is 0. The van der Waals surface area contributed by atoms with Crippen molar-refractivity contribution >= 4 is 47.2 Å². The van der Waals surface area contributed by atoms with Gasteiger partial charge in [0.15, 0.2) is 11.7 Å². The summed E-state index contributed by atoms with van der Waals surface area (Å²) in [6.45, 7) is 2.64. The summed E-state index contributed by atoms with van der Waals surface area (Å²) < 4.78 is 38.0. The monoisotopic (exact) mass is 545 g/mol. The average molecular weight is 545 g/mol. The summed E-state index contributed by atoms with van der Waals surface area (Å²) >= 11 is 0.952. The number of rotatable bonds is 6. The molecule has 0 saturated heterocycles. The summed E-state index contributed by atoms with van der Waals surface area (Å²) in [5.41, 5.74) is -0.877. The summed E-state index contributed by atoms with van der Waals surface area (Å²) in [4.78, 5) is 20.3. The van der Waals surface area contributed by atoms with Crippen molar-refractivity contribution in [3.8, 4) is 0 Å². The Morgan fingerprint density at radius 1 is 1.24 bits per heavy atom. The van der Waals surface area contributed by atoms with Crippen molar-refractivity contribution in [2.75, 3.05) is 6.54 Å². The second-order valence-corrected chi connectivity index (χ2v) is 8.25. The normalized spacial score (nSPS) is 22.6. The van der Waals surface area contributed by atoms with Crippen molar-refractivity contribution in [3.05, 3.63) is 16.1 Å². The first-order valence-corrected chi connectivity index (χ1v) is 10.6. The minimum Gasteiger partial charge on any atom is -0.357 e. The van der Waals surface area contributed by atoms with Gasteiger partial charge in [0.1, 0.15) is 5.01 Å². The van der Waals surface area contributed by atoms with E-state index < -0.39 is 11.9 Å². The minimum atomic E-state index is -4.43. The molecular weight excluding hydrogens is 518 g/mol. The van der Waals surface area contributed by atoms with Gasteiger partial charge in [-0.05, 0) is 39.0 Å². The lowest BCUT2D eigenvalue weighted by Crippen LogP contribution is -2.47. The van der Waals surface area contributed by atoms with Crippen LogP contribution >= 0.6 is 35.3 Å². The van der Waals surface area contributed by atoms with Gasteiger partial charge in [-0.15, -0.1) is 35.3 Å². The van der Waals surface area contributed by atoms with Gasteiger partial charge in [-0.1, -0.05) is 6.42 Å². The van der Waals surface area contributed by atoms with E-state index in [1.807, 2.05) is 6.92 Å². The number of nitrogens with one attached hydrogen (secondary N) is 3. The van der Waals surface area contributed by atoms with Crippen LogP contribution < -0.4 is 16.0 Å². The van der Waals surface area contributed by atoms with E-state index in [-0.39, 0.29) is 48.4 Å². The number of halogens is 4. The van der Waals surface area contributed by atoms with E-state index in [2.05, 4.69) is 25.9 Å². The van der Waals surface area contributed by atoms with Crippen LogP contribution in [0.4, 0.5) is 13.2 Å². The average Bonchev–Trinajstić information content (AvgIpc) is 3.31. The van der Waals surface area contributed by atoms with Gasteiger partial charge in [0, 0.05) is 29.9 Å². The number of carbonyl (C=O) groups excluding carboxylic acids is 1. The molecule has 2 aliphatic rings. The molecule has 1 aromatic rings. The summed E-state index contributed by atoms with van der Waals surface area (Å²) in [7, 11) is 0. The Bertz CT molecular complexity index is 708. The van der Waals surface area contributed by atoms with Gasteiger partial charge in [-0.25, -0.2) is 9.98 Å². The van der Waals surface area contributed by atoms with Crippen LogP contribution in [0.15, 0.2) is 10.4 Å². The number of carbonyl (C=O) groups is 1. The van der Waals surface area contributed by atoms with Crippen LogP contribution in [0.1, 0.15) is 56.2 Å². The zero-order chi connectivity index (χ0) is 20.1. The molecule has 6 nitrogen and oxygen atoms in total. The van der Waals surface area contributed by atoms with Crippen LogP contribution in [0.5, 0.6) is 0 Å². The fourth-order valence-corrected chi connectivity index (χ4v) is 4.00. The fraction of sp³-hybridized carbons (Fsp3) is 0.722. The maximum absolute atomic E-state index is 12.7. The zero-order valence-electron chi connectivity index (χ0n) is 16.2. The standard InChI is InChI=1S/C18H26F3N5OS.HI/c1-2-22-17(23-9-15-26-14(10-28-15)18(19,20)21)25-13-5-3-4-11(8-13)16(27)24-12-6-7-12;/h10-13H,2-9H2,1H3,(H,24,27)(H2,22,23,25);1H. The maximum atomic E-state index is 12.7. The van der Waals surface area contributed by atoms with Crippen LogP contribution in [-0.4, -0.2) is 35.5 Å². The van der Waals surface area contributed by atoms with Crippen molar-refractivity contribution in [2.24, 2.45) is 10.9 Å². The summed E-state index contributed by atoms with van der Waals surface area (Å²) in [6.07, 6.45) is 1.24. The molecule has 11 heteroatoms. The van der Waals surface area contributed by atoms with E-state index in [1.165, 1.54) is 0 Å². The number of aliphatic imine (C=N–C) groups is 1. The Morgan fingerprint density at radius 2 is 2.00 bits per heavy atom. The third kappa shape index (κ3) is 7.58. The molecule has 0 radical (unpaired) electrons. The van der Waals surface area contributed by atoms with Crippen LogP contribution in [0.3, 0.4) is 0 Å². The highest BCUT2D eigenvalue weighted by Gasteiger charge is 2.34. The number of hydrogen-bond donors (Lipinski definition) is 3. The van der Waals surface area contributed by atoms with Gasteiger partial charge in [-0.2, -0.15) is 13.2 Å². The van der Waals surface area contributed by atoms with E-state index in [1.54, 1.807) is 0 Å². The number of guanidine groups is 1. The van der Waals surface area contributed by atoms with E-state index in [0.717, 1.165) is 55.2 Å². The Balaban J connectivity index is 0.00000300. The number of alkyl halides is 3. The molecule has 0 bridgehead atoms. The predicted octanol–water partition coefficient (Wildman–Crippen LogP) is 3.67. The summed E-state index contributed by atoms with van der Waals surface area (Å²) in [5.74, 6) is 0.681. The van der Waals surface area contributed by atoms with Gasteiger partial charge < -0.3 is 16.0 Å². The number of thiazole rings is 1. The van der Waals surface area contributed by atoms with Gasteiger partial charge in [-0.3, -0.25) is 4.79 Å². The molecule has 0 aromatic carbocycles. The highest BCUT2D eigenvalue weighted by atomic mass is 127. The van der Waals surface area contributed by atoms with Gasteiger partial charge in [0.05, 0.1) is 6.54 Å². The van der Waals surface area contributed by atoms with Gasteiger partial charge in [0.2, 0.25) is 5.91 Å². The molecule has 1 amide bonds. The predicted molar refractivity (Wildman–Crippen MR) is 117 cm³/mol. The smallest absolute Gasteiger partial charge is 0.357 e. The van der Waals surface area contributed by atoms with E-state index in [9.17, 15) is 18.0 Å². The molecule has 0 aliphatic heterocycles. The molecule has 2 atom stereocenters. The van der Waals surface area contributed by atoms with E-state index in [4.69, 9.17) is 0 Å². The Kier molecular flexibility index (Phi) is 8.98. The van der Waals surface area contributed by atoms with Crippen molar-refractivity contribution in [3.63, 3.8) is 0 Å². The SMILES string of the molecule is CCNC(=NCc1nc(C(F)(F)F)cs1)NC1CCCC(C(=O)NC2CC2)C1.I. The molecule has 2 unspecified atom stereocenters. The summed E-state index contributed by atoms with van der Waals surface area (Å²) in [6, 6.07) is 0.475. The lowest BCUT2D eigenvalue weighted by Gasteiger charge is -2.30. The molecule has 29 heavy (non-hydrogen) atoms. The highest BCUT2D eigenvalue weighted by Crippen LogP contribution is 2.30. The van der Waals surface area contributed by atoms with Crippen LogP contribution in [-0.2, 0) is 17.5 Å². The Morgan fingerprint density at radius 3 is 2.62 bits per heavy atom. The van der Waals surface area contributed by atoms with Crippen molar-refractivity contribution < 1.29 is 18.0 Å². The summed E-state index contributed by atoms with van der Waals surface area (Å²) in [5, 5.41) is 10.8. The number of hydrogen-bond acceptors (Lipinski definition) is 4. The Labute approximate surface area is 189 Å². The molecule has 2 aliphatic carbocycles. The quantitative estimate of drug-likeness (QED) is 0.290. The second kappa shape index (κ2) is 10.8. The van der Waals surface area contributed by atoms with Crippen LogP contribution in [0.2, 0.25) is 0 Å². The third-order valence-corrected chi connectivity index (χ3v) is 5.70. The Hall–Kier alpha value is -1.11. The lowest BCUT2D eigenvalue weighted by atomic mass is 9.85. The number of nitrogens with zero attached hydrogens (tertiary/aromatic N) is 2. The maximum Gasteiger partial charge on any atom is 0.434 e. The van der Waals surface area contributed by atoms with Crippen molar-refractivity contribution in [1.29, 1.82) is 0 Å². The first-order valence-electron chi connectivity index (χ1n) is 9.72. The van der Waals surface area contributed by atoms with E-state index >= 15 is 0 Å². The second-order valence-electron chi connectivity index (χ2n) is 7.31. The van der Waals surface area contributed by atoms with Crippen LogP contribution in [0, 0.1) is 5.92 Å². The largest absolute Gasteiger partial charge is 0.434 e. The molecule has 3 rings (SSSR count). The first-order chi connectivity index (χ1) is 13.3. The lowest BCUT2D eigenvalue weighted by molar-refractivity contribution is -0.140. The fourth-order valence-electron chi connectivity index (χ4n) is 3.28. The highest BCUT2D eigenvalue weighted by molar-refractivity contribution is 14.0. The molecule has 1 heterocycles. The first kappa shape index (κ1) is 24.2. The van der Waals surface area contributed by atoms with E-state index in [0.29, 0.717) is 23.6 Å². The molecule has 1 aromatic heterocycles. The molecule has 0 spiro atoms. The molecule has 2 saturated carbocycles. The molecule has 3 N–H and O–H groups in total. The third-order valence-electron chi connectivity index (χ3n) is 4.87. The molecule has 164 valence electrons. The van der Waals surface area contributed by atoms with Gasteiger partial charge in [0.25, 0.3) is 0 Å². The number of aromatic nitrogens is 1. The molecular formula is C18H27F3IN5OS. The van der Waals surface area contributed by atoms with Crippen molar-refractivity contribution in [2.45, 2.75) is 70.3 Å². The van der Waals surface area contributed by atoms with Gasteiger partial charge >= 0.3 is 6.18 Å². The van der Waals surface area contributed by atoms with Crippen molar-refractivity contribution in [1.82, 2.24) is 20.9 Å². The topological polar surface area (TPSA) is 78.4 Å².